The number of hydrogen-bond acceptors (Lipinski definition) is 2. The van der Waals surface area contributed by atoms with E-state index in [2.05, 4.69) is 0 Å². The Morgan fingerprint density at radius 3 is 2.45 bits per heavy atom. The van der Waals surface area contributed by atoms with E-state index < -0.39 is 24.1 Å². The van der Waals surface area contributed by atoms with Gasteiger partial charge in [0.25, 0.3) is 0 Å². The third-order valence-corrected chi connectivity index (χ3v) is 4.24. The maximum atomic E-state index is 12.8. The molecule has 1 aromatic rings. The van der Waals surface area contributed by atoms with Crippen LogP contribution in [-0.2, 0) is 11.2 Å². The summed E-state index contributed by atoms with van der Waals surface area (Å²) < 4.78 is 38.3. The average molecular weight is 313 g/mol. The van der Waals surface area contributed by atoms with Gasteiger partial charge in [-0.05, 0) is 48.4 Å². The number of alkyl halides is 3. The first-order chi connectivity index (χ1) is 10.3. The van der Waals surface area contributed by atoms with Crippen molar-refractivity contribution in [1.29, 1.82) is 0 Å². The van der Waals surface area contributed by atoms with Crippen LogP contribution >= 0.6 is 0 Å². The Labute approximate surface area is 124 Å². The molecule has 2 aliphatic rings. The summed E-state index contributed by atoms with van der Waals surface area (Å²) in [5.74, 6) is -2.85. The van der Waals surface area contributed by atoms with E-state index in [1.165, 1.54) is 12.1 Å². The van der Waals surface area contributed by atoms with Crippen LogP contribution in [-0.4, -0.2) is 34.6 Å². The van der Waals surface area contributed by atoms with Crippen LogP contribution in [0.4, 0.5) is 13.2 Å². The van der Waals surface area contributed by atoms with Crippen molar-refractivity contribution in [3.63, 3.8) is 0 Å². The molecule has 22 heavy (non-hydrogen) atoms. The van der Waals surface area contributed by atoms with Crippen LogP contribution in [0.2, 0.25) is 0 Å². The predicted octanol–water partition coefficient (Wildman–Crippen LogP) is 2.78. The van der Waals surface area contributed by atoms with Crippen molar-refractivity contribution in [2.45, 2.75) is 31.5 Å². The first-order valence-electron chi connectivity index (χ1n) is 7.03. The number of hydrogen-bond donors (Lipinski definition) is 1. The Balaban J connectivity index is 1.99. The van der Waals surface area contributed by atoms with Crippen LogP contribution in [0.25, 0.3) is 0 Å². The first kappa shape index (κ1) is 14.9. The van der Waals surface area contributed by atoms with Crippen LogP contribution in [0, 0.1) is 5.92 Å². The number of amides is 1. The molecule has 4 nitrogen and oxygen atoms in total. The highest BCUT2D eigenvalue weighted by molar-refractivity contribution is 5.88. The second kappa shape index (κ2) is 5.00. The topological polar surface area (TPSA) is 57.6 Å². The molecule has 1 heterocycles. The van der Waals surface area contributed by atoms with Gasteiger partial charge in [0, 0.05) is 6.54 Å². The normalized spacial score (nSPS) is 21.4. The summed E-state index contributed by atoms with van der Waals surface area (Å²) in [6.45, 7) is -0.0322. The lowest BCUT2D eigenvalue weighted by Gasteiger charge is -2.38. The number of halogens is 3. The number of nitrogens with zero attached hydrogens (tertiary/aromatic N) is 1. The lowest BCUT2D eigenvalue weighted by atomic mass is 9.88. The van der Waals surface area contributed by atoms with Crippen LogP contribution < -0.4 is 0 Å². The molecule has 1 unspecified atom stereocenters. The molecule has 3 rings (SSSR count). The van der Waals surface area contributed by atoms with Gasteiger partial charge in [-0.25, -0.2) is 4.79 Å². The van der Waals surface area contributed by atoms with Gasteiger partial charge in [-0.1, -0.05) is 6.07 Å². The summed E-state index contributed by atoms with van der Waals surface area (Å²) in [7, 11) is 0. The maximum Gasteiger partial charge on any atom is 0.471 e. The summed E-state index contributed by atoms with van der Waals surface area (Å²) in [5, 5.41) is 9.01. The quantitative estimate of drug-likeness (QED) is 0.913. The highest BCUT2D eigenvalue weighted by Gasteiger charge is 2.49. The van der Waals surface area contributed by atoms with E-state index in [4.69, 9.17) is 5.11 Å². The molecular weight excluding hydrogens is 299 g/mol. The summed E-state index contributed by atoms with van der Waals surface area (Å²) in [5.41, 5.74) is 1.49. The molecule has 1 fully saturated rings. The molecule has 1 saturated carbocycles. The van der Waals surface area contributed by atoms with Gasteiger partial charge < -0.3 is 10.0 Å². The highest BCUT2D eigenvalue weighted by atomic mass is 19.4. The number of aromatic carboxylic acids is 1. The van der Waals surface area contributed by atoms with Gasteiger partial charge in [0.1, 0.15) is 0 Å². The zero-order valence-electron chi connectivity index (χ0n) is 11.6. The Bertz CT molecular complexity index is 637. The van der Waals surface area contributed by atoms with Gasteiger partial charge in [-0.2, -0.15) is 13.2 Å². The Hall–Kier alpha value is -2.05. The number of fused-ring (bicyclic) bond motifs is 1. The van der Waals surface area contributed by atoms with Gasteiger partial charge in [0.2, 0.25) is 0 Å². The van der Waals surface area contributed by atoms with E-state index >= 15 is 0 Å². The van der Waals surface area contributed by atoms with Crippen molar-refractivity contribution < 1.29 is 27.9 Å². The number of carboxylic acids is 1. The minimum atomic E-state index is -4.88. The fourth-order valence-electron chi connectivity index (χ4n) is 3.10. The SMILES string of the molecule is O=C(O)c1ccc2c(c1)CCN(C(=O)C(F)(F)F)C2C1CC1. The molecule has 0 aromatic heterocycles. The van der Waals surface area contributed by atoms with Gasteiger partial charge in [0.05, 0.1) is 11.6 Å². The van der Waals surface area contributed by atoms with E-state index in [1.54, 1.807) is 6.07 Å². The second-order valence-electron chi connectivity index (χ2n) is 5.75. The van der Waals surface area contributed by atoms with E-state index in [1.807, 2.05) is 0 Å². The van der Waals surface area contributed by atoms with Crippen molar-refractivity contribution in [2.75, 3.05) is 6.54 Å². The van der Waals surface area contributed by atoms with Gasteiger partial charge in [0.15, 0.2) is 0 Å². The minimum Gasteiger partial charge on any atom is -0.478 e. The van der Waals surface area contributed by atoms with Crippen LogP contribution in [0.3, 0.4) is 0 Å². The minimum absolute atomic E-state index is 0.0287. The van der Waals surface area contributed by atoms with Crippen LogP contribution in [0.1, 0.15) is 40.4 Å². The van der Waals surface area contributed by atoms with E-state index in [-0.39, 0.29) is 24.4 Å². The van der Waals surface area contributed by atoms with E-state index in [0.717, 1.165) is 23.3 Å². The Kier molecular flexibility index (Phi) is 3.38. The zero-order valence-corrected chi connectivity index (χ0v) is 11.6. The lowest BCUT2D eigenvalue weighted by molar-refractivity contribution is -0.189. The molecule has 1 aromatic carbocycles. The lowest BCUT2D eigenvalue weighted by Crippen LogP contribution is -2.47. The molecule has 7 heteroatoms. The molecule has 1 atom stereocenters. The van der Waals surface area contributed by atoms with Crippen molar-refractivity contribution in [3.05, 3.63) is 34.9 Å². The average Bonchev–Trinajstić information content (AvgIpc) is 3.28. The molecule has 0 bridgehead atoms. The van der Waals surface area contributed by atoms with Gasteiger partial charge in [-0.3, -0.25) is 4.79 Å². The third kappa shape index (κ3) is 2.55. The number of carbonyl (C=O) groups is 2. The summed E-state index contributed by atoms with van der Waals surface area (Å²) in [4.78, 5) is 23.6. The second-order valence-corrected chi connectivity index (χ2v) is 5.75. The van der Waals surface area contributed by atoms with Crippen molar-refractivity contribution in [1.82, 2.24) is 4.90 Å². The van der Waals surface area contributed by atoms with Crippen LogP contribution in [0.15, 0.2) is 18.2 Å². The predicted molar refractivity (Wildman–Crippen MR) is 70.3 cm³/mol. The molecule has 1 aliphatic carbocycles. The summed E-state index contributed by atoms with van der Waals surface area (Å²) in [6, 6.07) is 3.85. The molecular formula is C15H14F3NO3. The maximum absolute atomic E-state index is 12.8. The number of benzene rings is 1. The zero-order chi connectivity index (χ0) is 16.1. The number of carbonyl (C=O) groups excluding carboxylic acids is 1. The number of rotatable bonds is 2. The standard InChI is InChI=1S/C15H14F3NO3/c16-15(17,18)14(22)19-6-5-9-7-10(13(20)21)3-4-11(9)12(19)8-1-2-8/h3-4,7-8,12H,1-2,5-6H2,(H,20,21). The van der Waals surface area contributed by atoms with E-state index in [0.29, 0.717) is 5.56 Å². The summed E-state index contributed by atoms with van der Waals surface area (Å²) >= 11 is 0. The molecule has 0 spiro atoms. The number of carboxylic acid groups (broad SMARTS) is 1. The Morgan fingerprint density at radius 1 is 1.23 bits per heavy atom. The third-order valence-electron chi connectivity index (χ3n) is 4.24. The van der Waals surface area contributed by atoms with Crippen molar-refractivity contribution >= 4 is 11.9 Å². The smallest absolute Gasteiger partial charge is 0.471 e. The molecule has 1 amide bonds. The first-order valence-corrected chi connectivity index (χ1v) is 7.03. The fourth-order valence-corrected chi connectivity index (χ4v) is 3.10. The Morgan fingerprint density at radius 2 is 1.91 bits per heavy atom. The van der Waals surface area contributed by atoms with Gasteiger partial charge >= 0.3 is 18.1 Å². The van der Waals surface area contributed by atoms with Crippen LogP contribution in [0.5, 0.6) is 0 Å². The molecule has 118 valence electrons. The molecule has 1 aliphatic heterocycles. The van der Waals surface area contributed by atoms with Crippen molar-refractivity contribution in [3.8, 4) is 0 Å². The summed E-state index contributed by atoms with van der Waals surface area (Å²) in [6.07, 6.45) is -3.08. The van der Waals surface area contributed by atoms with E-state index in [9.17, 15) is 22.8 Å². The molecule has 0 saturated heterocycles. The van der Waals surface area contributed by atoms with Gasteiger partial charge in [-0.15, -0.1) is 0 Å². The molecule has 0 radical (unpaired) electrons. The fraction of sp³-hybridized carbons (Fsp3) is 0.467. The molecule has 1 N–H and O–H groups in total. The monoisotopic (exact) mass is 313 g/mol. The van der Waals surface area contributed by atoms with Crippen molar-refractivity contribution in [2.24, 2.45) is 5.92 Å². The highest BCUT2D eigenvalue weighted by Crippen LogP contribution is 2.48. The largest absolute Gasteiger partial charge is 0.478 e.